The van der Waals surface area contributed by atoms with E-state index in [9.17, 15) is 0 Å². The van der Waals surface area contributed by atoms with Crippen molar-refractivity contribution in [2.24, 2.45) is 0 Å². The van der Waals surface area contributed by atoms with Crippen LogP contribution in [0.15, 0.2) is 18.2 Å². The van der Waals surface area contributed by atoms with Crippen LogP contribution in [0.1, 0.15) is 30.3 Å². The molecule has 1 saturated heterocycles. The van der Waals surface area contributed by atoms with Crippen LogP contribution in [0.4, 0.5) is 0 Å². The Balaban J connectivity index is 2.21. The maximum atomic E-state index is 4.49. The molecule has 1 atom stereocenters. The molecule has 12 heavy (non-hydrogen) atoms. The van der Waals surface area contributed by atoms with Gasteiger partial charge in [0.05, 0.1) is 5.69 Å². The first kappa shape index (κ1) is 7.74. The highest BCUT2D eigenvalue weighted by Gasteiger charge is 2.16. The van der Waals surface area contributed by atoms with E-state index >= 15 is 0 Å². The zero-order chi connectivity index (χ0) is 8.39. The minimum Gasteiger partial charge on any atom is -0.309 e. The van der Waals surface area contributed by atoms with Gasteiger partial charge in [-0.05, 0) is 38.4 Å². The SMILES string of the molecule is Cc1cccc([C@H]2CCCN2)n1. The van der Waals surface area contributed by atoms with Gasteiger partial charge in [0.25, 0.3) is 0 Å². The molecule has 1 aromatic heterocycles. The molecule has 64 valence electrons. The molecule has 2 rings (SSSR count). The monoisotopic (exact) mass is 162 g/mol. The molecule has 2 heteroatoms. The molecule has 1 N–H and O–H groups in total. The Morgan fingerprint density at radius 2 is 2.42 bits per heavy atom. The Labute approximate surface area is 73.0 Å². The smallest absolute Gasteiger partial charge is 0.0576 e. The summed E-state index contributed by atoms with van der Waals surface area (Å²) in [7, 11) is 0. The molecular formula is C10H14N2. The van der Waals surface area contributed by atoms with Gasteiger partial charge < -0.3 is 5.32 Å². The van der Waals surface area contributed by atoms with Gasteiger partial charge in [-0.25, -0.2) is 0 Å². The zero-order valence-electron chi connectivity index (χ0n) is 7.38. The molecule has 0 saturated carbocycles. The van der Waals surface area contributed by atoms with Crippen LogP contribution in [0.3, 0.4) is 0 Å². The van der Waals surface area contributed by atoms with E-state index in [-0.39, 0.29) is 0 Å². The van der Waals surface area contributed by atoms with Gasteiger partial charge in [0.2, 0.25) is 0 Å². The summed E-state index contributed by atoms with van der Waals surface area (Å²) in [6, 6.07) is 6.73. The predicted octanol–water partition coefficient (Wildman–Crippen LogP) is 1.81. The van der Waals surface area contributed by atoms with Crippen molar-refractivity contribution < 1.29 is 0 Å². The molecule has 0 aliphatic carbocycles. The van der Waals surface area contributed by atoms with E-state index in [0.29, 0.717) is 6.04 Å². The first-order valence-electron chi connectivity index (χ1n) is 4.53. The first-order valence-corrected chi connectivity index (χ1v) is 4.53. The van der Waals surface area contributed by atoms with Gasteiger partial charge >= 0.3 is 0 Å². The highest BCUT2D eigenvalue weighted by molar-refractivity contribution is 5.14. The Morgan fingerprint density at radius 3 is 3.08 bits per heavy atom. The van der Waals surface area contributed by atoms with Crippen molar-refractivity contribution in [3.63, 3.8) is 0 Å². The second-order valence-corrected chi connectivity index (χ2v) is 3.35. The Morgan fingerprint density at radius 1 is 1.50 bits per heavy atom. The summed E-state index contributed by atoms with van der Waals surface area (Å²) in [6.45, 7) is 3.18. The molecule has 1 fully saturated rings. The van der Waals surface area contributed by atoms with Gasteiger partial charge in [-0.3, -0.25) is 4.98 Å². The summed E-state index contributed by atoms with van der Waals surface area (Å²) in [5.74, 6) is 0. The van der Waals surface area contributed by atoms with Crippen molar-refractivity contribution in [2.75, 3.05) is 6.54 Å². The summed E-state index contributed by atoms with van der Waals surface area (Å²) in [5, 5.41) is 3.44. The van der Waals surface area contributed by atoms with Crippen molar-refractivity contribution in [3.05, 3.63) is 29.6 Å². The molecule has 0 bridgehead atoms. The second-order valence-electron chi connectivity index (χ2n) is 3.35. The van der Waals surface area contributed by atoms with Crippen molar-refractivity contribution in [2.45, 2.75) is 25.8 Å². The van der Waals surface area contributed by atoms with E-state index in [4.69, 9.17) is 0 Å². The number of hydrogen-bond acceptors (Lipinski definition) is 2. The van der Waals surface area contributed by atoms with Crippen LogP contribution in [0.25, 0.3) is 0 Å². The van der Waals surface area contributed by atoms with Crippen molar-refractivity contribution in [1.82, 2.24) is 10.3 Å². The number of pyridine rings is 1. The molecule has 1 aliphatic rings. The van der Waals surface area contributed by atoms with Gasteiger partial charge in [-0.1, -0.05) is 6.07 Å². The van der Waals surface area contributed by atoms with Crippen LogP contribution >= 0.6 is 0 Å². The second kappa shape index (κ2) is 3.23. The zero-order valence-corrected chi connectivity index (χ0v) is 7.38. The third-order valence-electron chi connectivity index (χ3n) is 2.33. The van der Waals surface area contributed by atoms with Gasteiger partial charge in [0, 0.05) is 11.7 Å². The fourth-order valence-electron chi connectivity index (χ4n) is 1.70. The standard InChI is InChI=1S/C10H14N2/c1-8-4-2-5-10(12-8)9-6-3-7-11-9/h2,4-5,9,11H,3,6-7H2,1H3/t9-/m1/s1. The van der Waals surface area contributed by atoms with Crippen LogP contribution in [0.5, 0.6) is 0 Å². The van der Waals surface area contributed by atoms with E-state index in [1.54, 1.807) is 0 Å². The summed E-state index contributed by atoms with van der Waals surface area (Å²) < 4.78 is 0. The van der Waals surface area contributed by atoms with Crippen LogP contribution in [-0.2, 0) is 0 Å². The molecular weight excluding hydrogens is 148 g/mol. The van der Waals surface area contributed by atoms with E-state index in [1.807, 2.05) is 13.0 Å². The molecule has 1 aliphatic heterocycles. The maximum Gasteiger partial charge on any atom is 0.0576 e. The average Bonchev–Trinajstić information content (AvgIpc) is 2.56. The summed E-state index contributed by atoms with van der Waals surface area (Å²) in [5.41, 5.74) is 2.31. The van der Waals surface area contributed by atoms with Crippen molar-refractivity contribution in [3.8, 4) is 0 Å². The third kappa shape index (κ3) is 1.48. The lowest BCUT2D eigenvalue weighted by Crippen LogP contribution is -2.14. The van der Waals surface area contributed by atoms with Crippen LogP contribution in [0.2, 0.25) is 0 Å². The highest BCUT2D eigenvalue weighted by Crippen LogP contribution is 2.20. The lowest BCUT2D eigenvalue weighted by Gasteiger charge is -2.09. The predicted molar refractivity (Wildman–Crippen MR) is 49.0 cm³/mol. The normalized spacial score (nSPS) is 22.9. The number of nitrogens with one attached hydrogen (secondary N) is 1. The first-order chi connectivity index (χ1) is 5.86. The van der Waals surface area contributed by atoms with E-state index in [1.165, 1.54) is 18.5 Å². The fourth-order valence-corrected chi connectivity index (χ4v) is 1.70. The van der Waals surface area contributed by atoms with E-state index < -0.39 is 0 Å². The molecule has 0 amide bonds. The fraction of sp³-hybridized carbons (Fsp3) is 0.500. The van der Waals surface area contributed by atoms with Crippen molar-refractivity contribution >= 4 is 0 Å². The van der Waals surface area contributed by atoms with E-state index in [0.717, 1.165) is 12.2 Å². The van der Waals surface area contributed by atoms with Gasteiger partial charge in [-0.15, -0.1) is 0 Å². The quantitative estimate of drug-likeness (QED) is 0.681. The molecule has 0 spiro atoms. The Bertz CT molecular complexity index is 264. The largest absolute Gasteiger partial charge is 0.309 e. The molecule has 2 nitrogen and oxygen atoms in total. The van der Waals surface area contributed by atoms with Crippen molar-refractivity contribution in [1.29, 1.82) is 0 Å². The number of aryl methyl sites for hydroxylation is 1. The number of aromatic nitrogens is 1. The molecule has 2 heterocycles. The van der Waals surface area contributed by atoms with Crippen LogP contribution < -0.4 is 5.32 Å². The molecule has 0 radical (unpaired) electrons. The summed E-state index contributed by atoms with van der Waals surface area (Å²) >= 11 is 0. The molecule has 0 unspecified atom stereocenters. The number of rotatable bonds is 1. The van der Waals surface area contributed by atoms with Gasteiger partial charge in [0.1, 0.15) is 0 Å². The molecule has 1 aromatic rings. The van der Waals surface area contributed by atoms with Crippen LogP contribution in [0, 0.1) is 6.92 Å². The lowest BCUT2D eigenvalue weighted by atomic mass is 10.1. The maximum absolute atomic E-state index is 4.49. The minimum atomic E-state index is 0.505. The third-order valence-corrected chi connectivity index (χ3v) is 2.33. The minimum absolute atomic E-state index is 0.505. The van der Waals surface area contributed by atoms with Crippen LogP contribution in [-0.4, -0.2) is 11.5 Å². The van der Waals surface area contributed by atoms with E-state index in [2.05, 4.69) is 22.4 Å². The topological polar surface area (TPSA) is 24.9 Å². The number of nitrogens with zero attached hydrogens (tertiary/aromatic N) is 1. The number of hydrogen-bond donors (Lipinski definition) is 1. The molecule has 0 aromatic carbocycles. The average molecular weight is 162 g/mol. The lowest BCUT2D eigenvalue weighted by molar-refractivity contribution is 0.626. The summed E-state index contributed by atoms with van der Waals surface area (Å²) in [4.78, 5) is 4.49. The highest BCUT2D eigenvalue weighted by atomic mass is 15.0. The van der Waals surface area contributed by atoms with Gasteiger partial charge in [-0.2, -0.15) is 0 Å². The van der Waals surface area contributed by atoms with Gasteiger partial charge in [0.15, 0.2) is 0 Å². The Kier molecular flexibility index (Phi) is 2.09. The summed E-state index contributed by atoms with van der Waals surface area (Å²) in [6.07, 6.45) is 2.51. The Hall–Kier alpha value is -0.890.